The minimum Gasteiger partial charge on any atom is -0.726 e. The second-order valence-electron chi connectivity index (χ2n) is 3.31. The molecule has 1 heterocycles. The van der Waals surface area contributed by atoms with Crippen molar-refractivity contribution in [2.75, 3.05) is 0 Å². The number of aromatic nitrogens is 2. The number of rotatable bonds is 3. The van der Waals surface area contributed by atoms with Crippen LogP contribution in [-0.4, -0.2) is 27.2 Å². The van der Waals surface area contributed by atoms with Crippen molar-refractivity contribution < 1.29 is 27.2 Å². The molecule has 0 saturated carbocycles. The molecule has 100 valence electrons. The Labute approximate surface area is 101 Å². The maximum atomic E-state index is 9.11. The van der Waals surface area contributed by atoms with E-state index in [0.717, 1.165) is 18.8 Å². The van der Waals surface area contributed by atoms with Crippen molar-refractivity contribution in [2.24, 2.45) is 0 Å². The van der Waals surface area contributed by atoms with E-state index in [1.54, 1.807) is 0 Å². The minimum absolute atomic E-state index is 0.132. The van der Waals surface area contributed by atoms with Crippen molar-refractivity contribution in [1.82, 2.24) is 4.57 Å². The van der Waals surface area contributed by atoms with Gasteiger partial charge < -0.3 is 9.66 Å². The molecule has 0 bridgehead atoms. The van der Waals surface area contributed by atoms with E-state index >= 15 is 0 Å². The predicted molar refractivity (Wildman–Crippen MR) is 59.0 cm³/mol. The van der Waals surface area contributed by atoms with E-state index in [1.807, 2.05) is 6.92 Å². The van der Waals surface area contributed by atoms with Crippen LogP contribution < -0.4 is 4.57 Å². The van der Waals surface area contributed by atoms with Gasteiger partial charge in [-0.05, 0) is 13.8 Å². The van der Waals surface area contributed by atoms with E-state index in [-0.39, 0.29) is 6.61 Å². The third-order valence-electron chi connectivity index (χ3n) is 2.31. The van der Waals surface area contributed by atoms with E-state index in [0.29, 0.717) is 0 Å². The molecule has 8 heteroatoms. The van der Waals surface area contributed by atoms with Crippen molar-refractivity contribution in [3.05, 3.63) is 17.7 Å². The Bertz CT molecular complexity index is 444. The molecule has 1 aromatic rings. The molecule has 17 heavy (non-hydrogen) atoms. The van der Waals surface area contributed by atoms with E-state index < -0.39 is 10.4 Å². The number of imidazole rings is 1. The van der Waals surface area contributed by atoms with Gasteiger partial charge in [0.25, 0.3) is 0 Å². The molecule has 0 aromatic carbocycles. The molecule has 7 nitrogen and oxygen atoms in total. The van der Waals surface area contributed by atoms with Crippen LogP contribution in [0.2, 0.25) is 0 Å². The summed E-state index contributed by atoms with van der Waals surface area (Å²) in [6.45, 7) is 8.25. The van der Waals surface area contributed by atoms with Crippen LogP contribution in [0.15, 0.2) is 6.33 Å². The van der Waals surface area contributed by atoms with Gasteiger partial charge in [-0.3, -0.25) is 4.55 Å². The molecule has 0 aliphatic carbocycles. The summed E-state index contributed by atoms with van der Waals surface area (Å²) in [5, 5.41) is 9.11. The number of aliphatic hydroxyl groups excluding tert-OH is 1. The van der Waals surface area contributed by atoms with Gasteiger partial charge in [0, 0.05) is 6.92 Å². The largest absolute Gasteiger partial charge is 0.726 e. The first kappa shape index (κ1) is 16.0. The lowest BCUT2D eigenvalue weighted by Crippen LogP contribution is -2.34. The van der Waals surface area contributed by atoms with Gasteiger partial charge in [-0.1, -0.05) is 0 Å². The summed E-state index contributed by atoms with van der Waals surface area (Å²) < 4.78 is 37.1. The maximum absolute atomic E-state index is 9.11. The molecule has 2 N–H and O–H groups in total. The van der Waals surface area contributed by atoms with Gasteiger partial charge in [-0.25, -0.2) is 17.6 Å². The fourth-order valence-corrected chi connectivity index (χ4v) is 1.49. The zero-order chi connectivity index (χ0) is 13.6. The predicted octanol–water partition coefficient (Wildman–Crippen LogP) is -0.379. The topological polar surface area (TPSA) is 106 Å². The molecule has 0 spiro atoms. The second kappa shape index (κ2) is 6.70. The molecule has 0 unspecified atom stereocenters. The van der Waals surface area contributed by atoms with E-state index in [1.165, 1.54) is 5.69 Å². The Morgan fingerprint density at radius 1 is 1.47 bits per heavy atom. The summed E-state index contributed by atoms with van der Waals surface area (Å²) >= 11 is 0. The zero-order valence-electron chi connectivity index (χ0n) is 10.1. The van der Waals surface area contributed by atoms with Crippen molar-refractivity contribution in [3.63, 3.8) is 0 Å². The SMILES string of the molecule is CCn1c[n+](CC)c(CO)c1C.O=S(=O)([O-])O. The first-order valence-electron chi connectivity index (χ1n) is 5.11. The van der Waals surface area contributed by atoms with Crippen LogP contribution in [0, 0.1) is 6.92 Å². The lowest BCUT2D eigenvalue weighted by Gasteiger charge is -1.93. The minimum atomic E-state index is -4.92. The summed E-state index contributed by atoms with van der Waals surface area (Å²) in [7, 11) is -4.92. The van der Waals surface area contributed by atoms with Crippen LogP contribution >= 0.6 is 0 Å². The first-order valence-corrected chi connectivity index (χ1v) is 6.48. The van der Waals surface area contributed by atoms with Gasteiger partial charge in [-0.2, -0.15) is 0 Å². The normalized spacial score (nSPS) is 10.9. The molecule has 0 atom stereocenters. The molecule has 1 aromatic heterocycles. The Hall–Kier alpha value is -0.960. The standard InChI is InChI=1S/C9H17N2O.H2O4S/c1-4-10-7-11(5-2)9(6-12)8(10)3;1-5(2,3)4/h7,12H,4-6H2,1-3H3;(H2,1,2,3,4)/q+1;/p-1. The average Bonchev–Trinajstić information content (AvgIpc) is 2.51. The van der Waals surface area contributed by atoms with Crippen LogP contribution in [0.4, 0.5) is 0 Å². The molecular weight excluding hydrogens is 248 g/mol. The van der Waals surface area contributed by atoms with Gasteiger partial charge >= 0.3 is 0 Å². The molecule has 0 fully saturated rings. The van der Waals surface area contributed by atoms with Crippen LogP contribution in [0.25, 0.3) is 0 Å². The fraction of sp³-hybridized carbons (Fsp3) is 0.667. The maximum Gasteiger partial charge on any atom is 0.244 e. The highest BCUT2D eigenvalue weighted by Gasteiger charge is 2.15. The third kappa shape index (κ3) is 5.78. The van der Waals surface area contributed by atoms with Crippen LogP contribution in [-0.2, 0) is 30.1 Å². The average molecular weight is 266 g/mol. The van der Waals surface area contributed by atoms with Gasteiger partial charge in [-0.15, -0.1) is 0 Å². The van der Waals surface area contributed by atoms with Crippen molar-refractivity contribution in [3.8, 4) is 0 Å². The molecule has 1 rings (SSSR count). The van der Waals surface area contributed by atoms with Crippen molar-refractivity contribution >= 4 is 10.4 Å². The molecular formula is C9H18N2O5S. The summed E-state index contributed by atoms with van der Waals surface area (Å²) in [6.07, 6.45) is 2.06. The quantitative estimate of drug-likeness (QED) is 0.440. The monoisotopic (exact) mass is 266 g/mol. The first-order chi connectivity index (χ1) is 7.74. The summed E-state index contributed by atoms with van der Waals surface area (Å²) in [5.41, 5.74) is 2.20. The molecule has 0 aliphatic rings. The van der Waals surface area contributed by atoms with Crippen molar-refractivity contribution in [2.45, 2.75) is 40.5 Å². The molecule has 0 radical (unpaired) electrons. The summed E-state index contributed by atoms with van der Waals surface area (Å²) in [6, 6.07) is 0. The molecule has 0 amide bonds. The van der Waals surface area contributed by atoms with Crippen LogP contribution in [0.5, 0.6) is 0 Å². The van der Waals surface area contributed by atoms with Crippen LogP contribution in [0.1, 0.15) is 25.2 Å². The van der Waals surface area contributed by atoms with E-state index in [2.05, 4.69) is 29.3 Å². The molecule has 0 saturated heterocycles. The van der Waals surface area contributed by atoms with Gasteiger partial charge in [0.05, 0.1) is 13.1 Å². The molecule has 0 aliphatic heterocycles. The van der Waals surface area contributed by atoms with Gasteiger partial charge in [0.2, 0.25) is 16.7 Å². The number of nitrogens with zero attached hydrogens (tertiary/aromatic N) is 2. The van der Waals surface area contributed by atoms with Gasteiger partial charge in [0.1, 0.15) is 12.3 Å². The van der Waals surface area contributed by atoms with E-state index in [9.17, 15) is 0 Å². The highest BCUT2D eigenvalue weighted by molar-refractivity contribution is 7.79. The summed E-state index contributed by atoms with van der Waals surface area (Å²) in [4.78, 5) is 0. The van der Waals surface area contributed by atoms with Crippen molar-refractivity contribution in [1.29, 1.82) is 0 Å². The Morgan fingerprint density at radius 2 is 1.94 bits per heavy atom. The lowest BCUT2D eigenvalue weighted by atomic mass is 10.3. The number of hydrogen-bond acceptors (Lipinski definition) is 4. The van der Waals surface area contributed by atoms with Crippen LogP contribution in [0.3, 0.4) is 0 Å². The Kier molecular flexibility index (Phi) is 6.32. The third-order valence-corrected chi connectivity index (χ3v) is 2.31. The smallest absolute Gasteiger partial charge is 0.244 e. The Balaban J connectivity index is 0.000000437. The Morgan fingerprint density at radius 3 is 2.18 bits per heavy atom. The zero-order valence-corrected chi connectivity index (χ0v) is 10.9. The lowest BCUT2D eigenvalue weighted by molar-refractivity contribution is -0.702. The van der Waals surface area contributed by atoms with E-state index in [4.69, 9.17) is 22.6 Å². The number of aryl methyl sites for hydroxylation is 2. The highest BCUT2D eigenvalue weighted by atomic mass is 32.3. The van der Waals surface area contributed by atoms with Gasteiger partial charge in [0.15, 0.2) is 5.69 Å². The highest BCUT2D eigenvalue weighted by Crippen LogP contribution is 2.03. The number of hydrogen-bond donors (Lipinski definition) is 2. The fourth-order valence-electron chi connectivity index (χ4n) is 1.49. The number of aliphatic hydroxyl groups is 1. The summed E-state index contributed by atoms with van der Waals surface area (Å²) in [5.74, 6) is 0. The second-order valence-corrected chi connectivity index (χ2v) is 4.16.